The standard InChI is InChI=1S/C18H36O2Se/c1-2-3-4-5-6-7-8-9-10-11-12-13-14-15-16-17-18(19)20-21/h21H,2-17H2,1H3. The van der Waals surface area contributed by atoms with Gasteiger partial charge < -0.3 is 0 Å². The summed E-state index contributed by atoms with van der Waals surface area (Å²) in [5.74, 6) is -0.0929. The zero-order chi connectivity index (χ0) is 15.6. The first-order chi connectivity index (χ1) is 10.3. The monoisotopic (exact) mass is 364 g/mol. The first-order valence-corrected chi connectivity index (χ1v) is 9.92. The van der Waals surface area contributed by atoms with Crippen molar-refractivity contribution in [2.75, 3.05) is 0 Å². The number of hydrogen-bond acceptors (Lipinski definition) is 2. The van der Waals surface area contributed by atoms with E-state index in [4.69, 9.17) is 0 Å². The molecule has 3 heteroatoms. The Bertz CT molecular complexity index is 219. The number of carbonyl (C=O) groups excluding carboxylic acids is 1. The average Bonchev–Trinajstić information content (AvgIpc) is 2.50. The second-order valence-corrected chi connectivity index (χ2v) is 6.55. The number of carbonyl (C=O) groups is 1. The fourth-order valence-corrected chi connectivity index (χ4v) is 2.88. The molecule has 0 bridgehead atoms. The van der Waals surface area contributed by atoms with Crippen molar-refractivity contribution < 1.29 is 8.61 Å². The van der Waals surface area contributed by atoms with E-state index in [0.717, 1.165) is 6.42 Å². The van der Waals surface area contributed by atoms with Gasteiger partial charge in [0, 0.05) is 0 Å². The Morgan fingerprint density at radius 3 is 1.33 bits per heavy atom. The summed E-state index contributed by atoms with van der Waals surface area (Å²) < 4.78 is 4.57. The second-order valence-electron chi connectivity index (χ2n) is 6.16. The Kier molecular flexibility index (Phi) is 18.0. The molecule has 0 aliphatic rings. The van der Waals surface area contributed by atoms with Crippen LogP contribution in [0, 0.1) is 0 Å². The molecule has 0 unspecified atom stereocenters. The number of hydrogen-bond donors (Lipinski definition) is 0. The molecule has 0 amide bonds. The molecule has 0 aromatic carbocycles. The normalized spacial score (nSPS) is 10.8. The van der Waals surface area contributed by atoms with E-state index in [2.05, 4.69) is 10.7 Å². The van der Waals surface area contributed by atoms with Crippen molar-refractivity contribution in [3.8, 4) is 0 Å². The van der Waals surface area contributed by atoms with Gasteiger partial charge in [-0.2, -0.15) is 0 Å². The fraction of sp³-hybridized carbons (Fsp3) is 0.944. The zero-order valence-electron chi connectivity index (χ0n) is 14.1. The summed E-state index contributed by atoms with van der Waals surface area (Å²) in [6, 6.07) is 0. The van der Waals surface area contributed by atoms with Gasteiger partial charge in [0.25, 0.3) is 0 Å². The molecule has 0 aliphatic carbocycles. The van der Waals surface area contributed by atoms with Crippen molar-refractivity contribution in [3.63, 3.8) is 0 Å². The van der Waals surface area contributed by atoms with Crippen molar-refractivity contribution in [1.82, 2.24) is 0 Å². The van der Waals surface area contributed by atoms with Crippen LogP contribution in [-0.2, 0) is 8.61 Å². The van der Waals surface area contributed by atoms with Gasteiger partial charge in [0.2, 0.25) is 0 Å². The number of rotatable bonds is 16. The Labute approximate surface area is 140 Å². The number of unbranched alkanes of at least 4 members (excludes halogenated alkanes) is 14. The van der Waals surface area contributed by atoms with Crippen LogP contribution in [0.5, 0.6) is 0 Å². The van der Waals surface area contributed by atoms with Crippen LogP contribution in [0.15, 0.2) is 0 Å². The average molecular weight is 363 g/mol. The molecule has 0 heterocycles. The van der Waals surface area contributed by atoms with Crippen molar-refractivity contribution in [1.29, 1.82) is 0 Å². The van der Waals surface area contributed by atoms with Gasteiger partial charge in [0.05, 0.1) is 0 Å². The van der Waals surface area contributed by atoms with Crippen molar-refractivity contribution in [2.24, 2.45) is 0 Å². The van der Waals surface area contributed by atoms with E-state index in [-0.39, 0.29) is 5.97 Å². The van der Waals surface area contributed by atoms with Crippen LogP contribution in [0.1, 0.15) is 110 Å². The van der Waals surface area contributed by atoms with Gasteiger partial charge in [0.15, 0.2) is 0 Å². The van der Waals surface area contributed by atoms with E-state index in [9.17, 15) is 4.79 Å². The van der Waals surface area contributed by atoms with Gasteiger partial charge in [-0.1, -0.05) is 45.4 Å². The van der Waals surface area contributed by atoms with Gasteiger partial charge in [-0.15, -0.1) is 0 Å². The van der Waals surface area contributed by atoms with E-state index >= 15 is 0 Å². The van der Waals surface area contributed by atoms with Gasteiger partial charge in [-0.05, 0) is 0 Å². The molecule has 126 valence electrons. The molecular formula is C18H36O2Se. The van der Waals surface area contributed by atoms with E-state index in [1.807, 2.05) is 16.3 Å². The van der Waals surface area contributed by atoms with Crippen LogP contribution >= 0.6 is 0 Å². The Morgan fingerprint density at radius 1 is 0.667 bits per heavy atom. The third-order valence-electron chi connectivity index (χ3n) is 4.09. The van der Waals surface area contributed by atoms with E-state index < -0.39 is 0 Å². The van der Waals surface area contributed by atoms with Gasteiger partial charge in [-0.3, -0.25) is 0 Å². The fourth-order valence-electron chi connectivity index (χ4n) is 2.69. The minimum atomic E-state index is -0.0929. The SMILES string of the molecule is CCCCCCCCCCCCCCCCCC(=O)O[SeH]. The summed E-state index contributed by atoms with van der Waals surface area (Å²) in [5.41, 5.74) is 0. The van der Waals surface area contributed by atoms with Crippen molar-refractivity contribution >= 4 is 22.3 Å². The summed E-state index contributed by atoms with van der Waals surface area (Å²) in [4.78, 5) is 10.9. The van der Waals surface area contributed by atoms with Crippen LogP contribution in [0.4, 0.5) is 0 Å². The van der Waals surface area contributed by atoms with Gasteiger partial charge in [-0.25, -0.2) is 0 Å². The maximum absolute atomic E-state index is 10.9. The third-order valence-corrected chi connectivity index (χ3v) is 4.51. The van der Waals surface area contributed by atoms with Crippen molar-refractivity contribution in [2.45, 2.75) is 110 Å². The molecule has 21 heavy (non-hydrogen) atoms. The molecule has 0 radical (unpaired) electrons. The molecule has 0 fully saturated rings. The Hall–Kier alpha value is -0.0105. The van der Waals surface area contributed by atoms with Gasteiger partial charge in [0.1, 0.15) is 0 Å². The molecule has 0 rings (SSSR count). The first kappa shape index (κ1) is 21.0. The van der Waals surface area contributed by atoms with Crippen molar-refractivity contribution in [3.05, 3.63) is 0 Å². The molecule has 0 aliphatic heterocycles. The quantitative estimate of drug-likeness (QED) is 0.263. The van der Waals surface area contributed by atoms with Crippen LogP contribution in [0.3, 0.4) is 0 Å². The summed E-state index contributed by atoms with van der Waals surface area (Å²) in [5, 5.41) is 0. The first-order valence-electron chi connectivity index (χ1n) is 9.15. The van der Waals surface area contributed by atoms with E-state index in [0.29, 0.717) is 6.42 Å². The molecule has 0 saturated carbocycles. The molecule has 0 N–H and O–H groups in total. The summed E-state index contributed by atoms with van der Waals surface area (Å²) in [6.07, 6.45) is 20.9. The second kappa shape index (κ2) is 18.0. The maximum atomic E-state index is 10.9. The molecular weight excluding hydrogens is 327 g/mol. The van der Waals surface area contributed by atoms with Gasteiger partial charge >= 0.3 is 95.1 Å². The molecule has 0 atom stereocenters. The van der Waals surface area contributed by atoms with E-state index in [1.54, 1.807) is 0 Å². The van der Waals surface area contributed by atoms with Crippen LogP contribution < -0.4 is 0 Å². The third kappa shape index (κ3) is 17.9. The summed E-state index contributed by atoms with van der Waals surface area (Å²) in [7, 11) is 0. The topological polar surface area (TPSA) is 26.3 Å². The molecule has 0 aromatic rings. The zero-order valence-corrected chi connectivity index (χ0v) is 16.0. The molecule has 0 saturated heterocycles. The van der Waals surface area contributed by atoms with Crippen LogP contribution in [0.25, 0.3) is 0 Å². The molecule has 2 nitrogen and oxygen atoms in total. The summed E-state index contributed by atoms with van der Waals surface area (Å²) in [6.45, 7) is 2.28. The van der Waals surface area contributed by atoms with Crippen LogP contribution in [-0.4, -0.2) is 22.3 Å². The van der Waals surface area contributed by atoms with Crippen LogP contribution in [0.2, 0.25) is 0 Å². The Morgan fingerprint density at radius 2 is 1.00 bits per heavy atom. The Balaban J connectivity index is 2.98. The molecule has 0 spiro atoms. The predicted molar refractivity (Wildman–Crippen MR) is 92.8 cm³/mol. The van der Waals surface area contributed by atoms with E-state index in [1.165, 1.54) is 89.9 Å². The molecule has 0 aromatic heterocycles. The minimum absolute atomic E-state index is 0.0929. The predicted octanol–water partition coefficient (Wildman–Crippen LogP) is 5.61. The summed E-state index contributed by atoms with van der Waals surface area (Å²) >= 11 is 1.88.